The van der Waals surface area contributed by atoms with Gasteiger partial charge in [-0.2, -0.15) is 5.10 Å². The number of aromatic amines is 1. The number of hydrogen-bond acceptors (Lipinski definition) is 4. The highest BCUT2D eigenvalue weighted by Crippen LogP contribution is 2.41. The van der Waals surface area contributed by atoms with Crippen molar-refractivity contribution in [2.24, 2.45) is 0 Å². The van der Waals surface area contributed by atoms with Gasteiger partial charge in [0.25, 0.3) is 0 Å². The van der Waals surface area contributed by atoms with E-state index in [0.717, 1.165) is 27.0 Å². The van der Waals surface area contributed by atoms with Crippen LogP contribution < -0.4 is 14.2 Å². The minimum atomic E-state index is 0.562. The lowest BCUT2D eigenvalue weighted by molar-refractivity contribution is 0.324. The number of halogens is 1. The number of nitrogens with zero attached hydrogens (tertiary/aromatic N) is 1. The first-order valence-electron chi connectivity index (χ1n) is 7.28. The Morgan fingerprint density at radius 1 is 0.875 bits per heavy atom. The molecule has 3 aromatic rings. The molecule has 0 aliphatic carbocycles. The summed E-state index contributed by atoms with van der Waals surface area (Å²) in [5.41, 5.74) is 3.65. The SMILES string of the molecule is COc1cc(-c2cc(-c3cccc(Br)c3)[nH]n2)cc(OC)c1OC. The fourth-order valence-corrected chi connectivity index (χ4v) is 2.90. The second-order valence-electron chi connectivity index (χ2n) is 5.09. The summed E-state index contributed by atoms with van der Waals surface area (Å²) in [6, 6.07) is 13.8. The first kappa shape index (κ1) is 16.4. The van der Waals surface area contributed by atoms with Crippen molar-refractivity contribution in [3.05, 3.63) is 46.9 Å². The third-order valence-corrected chi connectivity index (χ3v) is 4.17. The monoisotopic (exact) mass is 388 g/mol. The molecule has 0 saturated heterocycles. The van der Waals surface area contributed by atoms with Crippen LogP contribution in [0.2, 0.25) is 0 Å². The van der Waals surface area contributed by atoms with Gasteiger partial charge in [0.05, 0.1) is 32.7 Å². The maximum Gasteiger partial charge on any atom is 0.203 e. The number of benzene rings is 2. The zero-order valence-corrected chi connectivity index (χ0v) is 15.2. The average molecular weight is 389 g/mol. The van der Waals surface area contributed by atoms with Crippen molar-refractivity contribution in [3.63, 3.8) is 0 Å². The molecule has 1 heterocycles. The van der Waals surface area contributed by atoms with E-state index in [9.17, 15) is 0 Å². The van der Waals surface area contributed by atoms with Gasteiger partial charge in [0.2, 0.25) is 5.75 Å². The summed E-state index contributed by atoms with van der Waals surface area (Å²) in [6.45, 7) is 0. The minimum Gasteiger partial charge on any atom is -0.493 e. The molecule has 6 heteroatoms. The highest BCUT2D eigenvalue weighted by atomic mass is 79.9. The van der Waals surface area contributed by atoms with E-state index >= 15 is 0 Å². The van der Waals surface area contributed by atoms with Gasteiger partial charge in [0.15, 0.2) is 11.5 Å². The summed E-state index contributed by atoms with van der Waals surface area (Å²) in [5.74, 6) is 1.75. The van der Waals surface area contributed by atoms with Gasteiger partial charge < -0.3 is 14.2 Å². The van der Waals surface area contributed by atoms with Gasteiger partial charge in [-0.25, -0.2) is 0 Å². The number of aromatic nitrogens is 2. The average Bonchev–Trinajstić information content (AvgIpc) is 3.10. The standard InChI is InChI=1S/C18H17BrN2O3/c1-22-16-8-12(9-17(23-2)18(16)24-3)15-10-14(20-21-15)11-5-4-6-13(19)7-11/h4-10H,1-3H3,(H,20,21). The molecule has 0 unspecified atom stereocenters. The van der Waals surface area contributed by atoms with E-state index in [1.165, 1.54) is 0 Å². The molecule has 0 radical (unpaired) electrons. The Labute approximate surface area is 148 Å². The molecule has 0 amide bonds. The van der Waals surface area contributed by atoms with Crippen LogP contribution in [0.25, 0.3) is 22.5 Å². The number of hydrogen-bond donors (Lipinski definition) is 1. The second kappa shape index (κ2) is 6.97. The van der Waals surface area contributed by atoms with Crippen molar-refractivity contribution in [2.75, 3.05) is 21.3 Å². The van der Waals surface area contributed by atoms with Crippen molar-refractivity contribution in [1.82, 2.24) is 10.2 Å². The number of H-pyrrole nitrogens is 1. The summed E-state index contributed by atoms with van der Waals surface area (Å²) in [7, 11) is 4.77. The van der Waals surface area contributed by atoms with Crippen LogP contribution in [0.4, 0.5) is 0 Å². The lowest BCUT2D eigenvalue weighted by Gasteiger charge is -2.13. The maximum absolute atomic E-state index is 5.40. The first-order valence-corrected chi connectivity index (χ1v) is 8.07. The highest BCUT2D eigenvalue weighted by molar-refractivity contribution is 9.10. The third kappa shape index (κ3) is 3.10. The van der Waals surface area contributed by atoms with Gasteiger partial charge in [-0.3, -0.25) is 5.10 Å². The Morgan fingerprint density at radius 3 is 2.17 bits per heavy atom. The van der Waals surface area contributed by atoms with Crippen LogP contribution in [0.3, 0.4) is 0 Å². The second-order valence-corrected chi connectivity index (χ2v) is 6.01. The quantitative estimate of drug-likeness (QED) is 0.697. The van der Waals surface area contributed by atoms with Gasteiger partial charge in [-0.1, -0.05) is 28.1 Å². The predicted octanol–water partition coefficient (Wildman–Crippen LogP) is 4.53. The van der Waals surface area contributed by atoms with Crippen LogP contribution >= 0.6 is 15.9 Å². The van der Waals surface area contributed by atoms with E-state index in [1.54, 1.807) is 21.3 Å². The number of methoxy groups -OCH3 is 3. The molecule has 2 aromatic carbocycles. The van der Waals surface area contributed by atoms with E-state index in [-0.39, 0.29) is 0 Å². The normalized spacial score (nSPS) is 10.5. The Morgan fingerprint density at radius 2 is 1.58 bits per heavy atom. The summed E-state index contributed by atoms with van der Waals surface area (Å²) in [4.78, 5) is 0. The summed E-state index contributed by atoms with van der Waals surface area (Å²) < 4.78 is 17.2. The molecule has 1 aromatic heterocycles. The molecule has 0 aliphatic rings. The number of rotatable bonds is 5. The Kier molecular flexibility index (Phi) is 4.76. The molecule has 0 aliphatic heterocycles. The van der Waals surface area contributed by atoms with E-state index in [0.29, 0.717) is 17.2 Å². The Hall–Kier alpha value is -2.47. The van der Waals surface area contributed by atoms with Gasteiger partial charge in [-0.05, 0) is 30.3 Å². The maximum atomic E-state index is 5.40. The van der Waals surface area contributed by atoms with Gasteiger partial charge in [-0.15, -0.1) is 0 Å². The van der Waals surface area contributed by atoms with Crippen molar-refractivity contribution in [3.8, 4) is 39.8 Å². The zero-order valence-electron chi connectivity index (χ0n) is 13.6. The van der Waals surface area contributed by atoms with Crippen LogP contribution in [0, 0.1) is 0 Å². The van der Waals surface area contributed by atoms with Crippen molar-refractivity contribution < 1.29 is 14.2 Å². The lowest BCUT2D eigenvalue weighted by Crippen LogP contribution is -1.95. The largest absolute Gasteiger partial charge is 0.493 e. The molecule has 0 fully saturated rings. The molecule has 0 atom stereocenters. The van der Waals surface area contributed by atoms with Crippen molar-refractivity contribution >= 4 is 15.9 Å². The van der Waals surface area contributed by atoms with Gasteiger partial charge in [0, 0.05) is 15.6 Å². The molecule has 0 saturated carbocycles. The Balaban J connectivity index is 2.04. The minimum absolute atomic E-state index is 0.562. The van der Waals surface area contributed by atoms with Crippen LogP contribution in [-0.2, 0) is 0 Å². The van der Waals surface area contributed by atoms with Crippen LogP contribution in [-0.4, -0.2) is 31.5 Å². The molecule has 0 bridgehead atoms. The molecule has 124 valence electrons. The van der Waals surface area contributed by atoms with E-state index in [2.05, 4.69) is 26.1 Å². The summed E-state index contributed by atoms with van der Waals surface area (Å²) in [6.07, 6.45) is 0. The fraction of sp³-hybridized carbons (Fsp3) is 0.167. The van der Waals surface area contributed by atoms with Crippen LogP contribution in [0.1, 0.15) is 0 Å². The molecule has 3 rings (SSSR count). The highest BCUT2D eigenvalue weighted by Gasteiger charge is 2.15. The first-order chi connectivity index (χ1) is 11.7. The van der Waals surface area contributed by atoms with E-state index < -0.39 is 0 Å². The zero-order chi connectivity index (χ0) is 17.1. The van der Waals surface area contributed by atoms with Gasteiger partial charge >= 0.3 is 0 Å². The van der Waals surface area contributed by atoms with Crippen molar-refractivity contribution in [1.29, 1.82) is 0 Å². The molecule has 1 N–H and O–H groups in total. The number of ether oxygens (including phenoxy) is 3. The van der Waals surface area contributed by atoms with Gasteiger partial charge in [0.1, 0.15) is 0 Å². The fourth-order valence-electron chi connectivity index (χ4n) is 2.50. The van der Waals surface area contributed by atoms with Crippen molar-refractivity contribution in [2.45, 2.75) is 0 Å². The summed E-state index contributed by atoms with van der Waals surface area (Å²) in [5, 5.41) is 7.47. The molecule has 0 spiro atoms. The summed E-state index contributed by atoms with van der Waals surface area (Å²) >= 11 is 3.48. The number of nitrogens with one attached hydrogen (secondary N) is 1. The topological polar surface area (TPSA) is 56.4 Å². The molecular weight excluding hydrogens is 372 g/mol. The molecule has 24 heavy (non-hydrogen) atoms. The molecule has 5 nitrogen and oxygen atoms in total. The van der Waals surface area contributed by atoms with Crippen LogP contribution in [0.5, 0.6) is 17.2 Å². The predicted molar refractivity (Wildman–Crippen MR) is 96.8 cm³/mol. The van der Waals surface area contributed by atoms with E-state index in [4.69, 9.17) is 14.2 Å². The third-order valence-electron chi connectivity index (χ3n) is 3.67. The molecular formula is C18H17BrN2O3. The van der Waals surface area contributed by atoms with E-state index in [1.807, 2.05) is 42.5 Å². The smallest absolute Gasteiger partial charge is 0.203 e. The van der Waals surface area contributed by atoms with Crippen LogP contribution in [0.15, 0.2) is 46.9 Å². The Bertz CT molecular complexity index is 836. The lowest BCUT2D eigenvalue weighted by atomic mass is 10.1.